The van der Waals surface area contributed by atoms with E-state index in [1.807, 2.05) is 0 Å². The molecule has 0 heterocycles. The number of rotatable bonds is 0. The maximum absolute atomic E-state index is 4.25. The van der Waals surface area contributed by atoms with Crippen molar-refractivity contribution in [3.8, 4) is 0 Å². The van der Waals surface area contributed by atoms with Gasteiger partial charge in [-0.15, -0.1) is 0 Å². The molecule has 0 rings (SSSR count). The molecule has 0 bridgehead atoms. The Hall–Kier alpha value is 1.03. The molecule has 0 spiro atoms. The Morgan fingerprint density at radius 1 is 0.818 bits per heavy atom. The average Bonchev–Trinajstić information content (AvgIpc) is 1.59. The molecule has 0 saturated heterocycles. The zero-order chi connectivity index (χ0) is 8.58. The Morgan fingerprint density at radius 3 is 1.00 bits per heavy atom. The first kappa shape index (κ1) is 14.5. The third kappa shape index (κ3) is 5.30. The molecular weight excluding hydrogens is 146 g/mol. The average molecular weight is 166 g/mol. The van der Waals surface area contributed by atoms with Crippen LogP contribution in [0.4, 0.5) is 0 Å². The molecule has 0 fully saturated rings. The van der Waals surface area contributed by atoms with E-state index in [9.17, 15) is 0 Å². The predicted molar refractivity (Wildman–Crippen MR) is 51.8 cm³/mol. The SMILES string of the molecule is [CH2-]P(C(C)(C)C)C(C)(C)C.[Li+]. The minimum absolute atomic E-state index is 0. The van der Waals surface area contributed by atoms with Crippen LogP contribution in [0.15, 0.2) is 0 Å². The van der Waals surface area contributed by atoms with Gasteiger partial charge in [0.2, 0.25) is 0 Å². The smallest absolute Gasteiger partial charge is 0.316 e. The molecule has 0 unspecified atom stereocenters. The second kappa shape index (κ2) is 4.32. The third-order valence-corrected chi connectivity index (χ3v) is 4.86. The molecule has 2 heteroatoms. The Labute approximate surface area is 85.5 Å². The van der Waals surface area contributed by atoms with Crippen LogP contribution in [-0.4, -0.2) is 10.3 Å². The van der Waals surface area contributed by atoms with Crippen LogP contribution in [-0.2, 0) is 0 Å². The van der Waals surface area contributed by atoms with E-state index in [1.165, 1.54) is 0 Å². The summed E-state index contributed by atoms with van der Waals surface area (Å²) in [6, 6.07) is 0. The van der Waals surface area contributed by atoms with E-state index < -0.39 is 0 Å². The summed E-state index contributed by atoms with van der Waals surface area (Å²) < 4.78 is 0. The van der Waals surface area contributed by atoms with Crippen molar-refractivity contribution in [2.24, 2.45) is 0 Å². The largest absolute Gasteiger partial charge is 1.00 e. The van der Waals surface area contributed by atoms with Gasteiger partial charge in [0.05, 0.1) is 0 Å². The summed E-state index contributed by atoms with van der Waals surface area (Å²) in [6.45, 7) is 17.9. The van der Waals surface area contributed by atoms with Crippen molar-refractivity contribution >= 4 is 7.92 Å². The van der Waals surface area contributed by atoms with Gasteiger partial charge in [0.1, 0.15) is 0 Å². The topological polar surface area (TPSA) is 0 Å². The van der Waals surface area contributed by atoms with Crippen molar-refractivity contribution in [2.75, 3.05) is 0 Å². The van der Waals surface area contributed by atoms with Gasteiger partial charge in [0, 0.05) is 0 Å². The van der Waals surface area contributed by atoms with Gasteiger partial charge < -0.3 is 6.66 Å². The van der Waals surface area contributed by atoms with Gasteiger partial charge in [-0.1, -0.05) is 41.5 Å². The van der Waals surface area contributed by atoms with E-state index in [-0.39, 0.29) is 26.8 Å². The molecule has 0 aliphatic rings. The number of hydrogen-bond acceptors (Lipinski definition) is 0. The molecule has 11 heavy (non-hydrogen) atoms. The molecule has 0 N–H and O–H groups in total. The molecular formula is C9H20LiP. The zero-order valence-corrected chi connectivity index (χ0v) is 10.0. The first-order valence-corrected chi connectivity index (χ1v) is 5.29. The van der Waals surface area contributed by atoms with Crippen molar-refractivity contribution in [1.29, 1.82) is 0 Å². The summed E-state index contributed by atoms with van der Waals surface area (Å²) >= 11 is 0. The van der Waals surface area contributed by atoms with Gasteiger partial charge in [-0.25, -0.2) is 0 Å². The summed E-state index contributed by atoms with van der Waals surface area (Å²) in [4.78, 5) is 0. The second-order valence-electron chi connectivity index (χ2n) is 4.77. The molecule has 0 atom stereocenters. The van der Waals surface area contributed by atoms with Crippen molar-refractivity contribution in [3.05, 3.63) is 6.66 Å². The normalized spacial score (nSPS) is 13.1. The maximum Gasteiger partial charge on any atom is 1.00 e. The van der Waals surface area contributed by atoms with Gasteiger partial charge in [-0.3, -0.25) is 7.92 Å². The molecule has 0 radical (unpaired) electrons. The van der Waals surface area contributed by atoms with Crippen molar-refractivity contribution in [3.63, 3.8) is 0 Å². The van der Waals surface area contributed by atoms with Crippen molar-refractivity contribution in [2.45, 2.75) is 51.9 Å². The molecule has 0 nitrogen and oxygen atoms in total. The summed E-state index contributed by atoms with van der Waals surface area (Å²) in [6.07, 6.45) is 0. The van der Waals surface area contributed by atoms with Gasteiger partial charge in [-0.05, 0) is 10.3 Å². The summed E-state index contributed by atoms with van der Waals surface area (Å²) in [7, 11) is -0.113. The Kier molecular flexibility index (Phi) is 5.71. The van der Waals surface area contributed by atoms with Crippen molar-refractivity contribution < 1.29 is 18.9 Å². The summed E-state index contributed by atoms with van der Waals surface area (Å²) in [5.74, 6) is 0. The Morgan fingerprint density at radius 2 is 1.00 bits per heavy atom. The fourth-order valence-electron chi connectivity index (χ4n) is 1.01. The second-order valence-corrected chi connectivity index (χ2v) is 8.31. The standard InChI is InChI=1S/C9H20P.Li/c1-8(2,3)10(7)9(4,5)6;/h7H2,1-6H3;/q-1;+1. The minimum Gasteiger partial charge on any atom is -0.316 e. The zero-order valence-electron chi connectivity index (χ0n) is 9.15. The van der Waals surface area contributed by atoms with Crippen LogP contribution in [0.3, 0.4) is 0 Å². The molecule has 0 aliphatic heterocycles. The van der Waals surface area contributed by atoms with E-state index in [2.05, 4.69) is 48.2 Å². The molecule has 0 amide bonds. The van der Waals surface area contributed by atoms with Gasteiger partial charge in [0.15, 0.2) is 0 Å². The number of hydrogen-bond donors (Lipinski definition) is 0. The fourth-order valence-corrected chi connectivity index (χ4v) is 3.02. The summed E-state index contributed by atoms with van der Waals surface area (Å²) in [5, 5.41) is 0.793. The Bertz CT molecular complexity index is 93.7. The fraction of sp³-hybridized carbons (Fsp3) is 0.889. The monoisotopic (exact) mass is 166 g/mol. The molecule has 0 aromatic heterocycles. The van der Waals surface area contributed by atoms with E-state index in [0.29, 0.717) is 10.3 Å². The van der Waals surface area contributed by atoms with Crippen LogP contribution in [0.2, 0.25) is 0 Å². The third-order valence-electron chi connectivity index (χ3n) is 1.62. The van der Waals surface area contributed by atoms with Crippen LogP contribution in [0.5, 0.6) is 0 Å². The van der Waals surface area contributed by atoms with Gasteiger partial charge >= 0.3 is 18.9 Å². The predicted octanol–water partition coefficient (Wildman–Crippen LogP) is 0.861. The van der Waals surface area contributed by atoms with Crippen LogP contribution in [0, 0.1) is 6.66 Å². The van der Waals surface area contributed by atoms with Crippen LogP contribution in [0.1, 0.15) is 41.5 Å². The molecule has 0 aliphatic carbocycles. The van der Waals surface area contributed by atoms with Crippen molar-refractivity contribution in [1.82, 2.24) is 0 Å². The first-order valence-electron chi connectivity index (χ1n) is 3.76. The van der Waals surface area contributed by atoms with E-state index >= 15 is 0 Å². The minimum atomic E-state index is -0.113. The quantitative estimate of drug-likeness (QED) is 0.284. The van der Waals surface area contributed by atoms with Gasteiger partial charge in [-0.2, -0.15) is 0 Å². The van der Waals surface area contributed by atoms with E-state index in [0.717, 1.165) is 0 Å². The molecule has 0 saturated carbocycles. The van der Waals surface area contributed by atoms with Crippen LogP contribution < -0.4 is 18.9 Å². The summed E-state index contributed by atoms with van der Waals surface area (Å²) in [5.41, 5.74) is 0. The molecule has 62 valence electrons. The van der Waals surface area contributed by atoms with Crippen LogP contribution in [0.25, 0.3) is 0 Å². The molecule has 0 aromatic rings. The maximum atomic E-state index is 4.25. The first-order chi connectivity index (χ1) is 4.15. The molecule has 0 aromatic carbocycles. The van der Waals surface area contributed by atoms with E-state index in [4.69, 9.17) is 0 Å². The Balaban J connectivity index is 0. The van der Waals surface area contributed by atoms with E-state index in [1.54, 1.807) is 0 Å². The van der Waals surface area contributed by atoms with Gasteiger partial charge in [0.25, 0.3) is 0 Å². The van der Waals surface area contributed by atoms with Crippen LogP contribution >= 0.6 is 7.92 Å².